The summed E-state index contributed by atoms with van der Waals surface area (Å²) in [5, 5.41) is 0. The third-order valence-corrected chi connectivity index (χ3v) is 4.14. The molecule has 0 spiro atoms. The minimum absolute atomic E-state index is 0.168. The average molecular weight is 314 g/mol. The zero-order chi connectivity index (χ0) is 17.2. The molecule has 0 aliphatic heterocycles. The first-order valence-electron chi connectivity index (χ1n) is 7.97. The molecule has 0 saturated carbocycles. The van der Waals surface area contributed by atoms with Gasteiger partial charge in [-0.2, -0.15) is 0 Å². The van der Waals surface area contributed by atoms with Gasteiger partial charge in [-0.1, -0.05) is 25.1 Å². The van der Waals surface area contributed by atoms with Gasteiger partial charge in [-0.3, -0.25) is 4.79 Å². The number of carbonyl (C=O) groups is 1. The molecule has 0 fully saturated rings. The first kappa shape index (κ1) is 17.3. The Bertz CT molecular complexity index is 696. The van der Waals surface area contributed by atoms with Crippen LogP contribution in [0.25, 0.3) is 0 Å². The summed E-state index contributed by atoms with van der Waals surface area (Å²) < 4.78 is 5.32. The van der Waals surface area contributed by atoms with Gasteiger partial charge in [0.1, 0.15) is 12.4 Å². The lowest BCUT2D eigenvalue weighted by Gasteiger charge is -2.16. The number of aryl methyl sites for hydroxylation is 1. The highest BCUT2D eigenvalue weighted by molar-refractivity contribution is 5.75. The van der Waals surface area contributed by atoms with Gasteiger partial charge in [0.25, 0.3) is 0 Å². The van der Waals surface area contributed by atoms with E-state index in [-0.39, 0.29) is 18.5 Å². The lowest BCUT2D eigenvalue weighted by atomic mass is 9.93. The number of aromatic nitrogens is 2. The highest BCUT2D eigenvalue weighted by Gasteiger charge is 2.23. The summed E-state index contributed by atoms with van der Waals surface area (Å²) in [5.41, 5.74) is 4.15. The molecule has 1 N–H and O–H groups in total. The van der Waals surface area contributed by atoms with Gasteiger partial charge in [0.15, 0.2) is 0 Å². The Morgan fingerprint density at radius 1 is 1.30 bits per heavy atom. The molecule has 1 aromatic carbocycles. The van der Waals surface area contributed by atoms with Crippen LogP contribution in [0.2, 0.25) is 0 Å². The van der Waals surface area contributed by atoms with Crippen molar-refractivity contribution in [1.29, 1.82) is 0 Å². The molecular formula is C19H26N2O2. The van der Waals surface area contributed by atoms with Gasteiger partial charge in [0.05, 0.1) is 17.3 Å². The zero-order valence-corrected chi connectivity index (χ0v) is 14.9. The summed E-state index contributed by atoms with van der Waals surface area (Å²) in [4.78, 5) is 19.6. The number of rotatable bonds is 4. The number of aromatic amines is 1. The Balaban J connectivity index is 2.10. The van der Waals surface area contributed by atoms with E-state index in [1.807, 2.05) is 20.8 Å². The molecular weight excluding hydrogens is 288 g/mol. The fourth-order valence-electron chi connectivity index (χ4n) is 2.42. The first-order chi connectivity index (χ1) is 10.7. The fourth-order valence-corrected chi connectivity index (χ4v) is 2.42. The second kappa shape index (κ2) is 6.57. The third kappa shape index (κ3) is 4.01. The maximum atomic E-state index is 11.8. The van der Waals surface area contributed by atoms with Gasteiger partial charge in [-0.15, -0.1) is 0 Å². The number of nitrogens with one attached hydrogen (secondary N) is 1. The highest BCUT2D eigenvalue weighted by atomic mass is 16.5. The molecule has 0 amide bonds. The molecule has 2 rings (SSSR count). The lowest BCUT2D eigenvalue weighted by Crippen LogP contribution is -2.22. The number of hydrogen-bond acceptors (Lipinski definition) is 3. The number of imidazole rings is 1. The first-order valence-corrected chi connectivity index (χ1v) is 7.97. The van der Waals surface area contributed by atoms with Crippen molar-refractivity contribution in [2.45, 2.75) is 54.1 Å². The second-order valence-corrected chi connectivity index (χ2v) is 7.13. The molecule has 0 radical (unpaired) electrons. The van der Waals surface area contributed by atoms with Gasteiger partial charge in [0, 0.05) is 5.92 Å². The summed E-state index contributed by atoms with van der Waals surface area (Å²) in [7, 11) is 0. The molecule has 23 heavy (non-hydrogen) atoms. The molecule has 1 atom stereocenters. The predicted octanol–water partition coefficient (Wildman–Crippen LogP) is 4.27. The van der Waals surface area contributed by atoms with Crippen molar-refractivity contribution in [2.75, 3.05) is 0 Å². The van der Waals surface area contributed by atoms with E-state index < -0.39 is 5.41 Å². The molecule has 4 nitrogen and oxygen atoms in total. The zero-order valence-electron chi connectivity index (χ0n) is 14.9. The Kier molecular flexibility index (Phi) is 4.93. The molecule has 0 aliphatic carbocycles. The Hall–Kier alpha value is -2.10. The van der Waals surface area contributed by atoms with Gasteiger partial charge in [-0.25, -0.2) is 4.98 Å². The number of H-pyrrole nitrogens is 1. The summed E-state index contributed by atoms with van der Waals surface area (Å²) in [6, 6.07) is 6.32. The van der Waals surface area contributed by atoms with E-state index >= 15 is 0 Å². The van der Waals surface area contributed by atoms with Gasteiger partial charge >= 0.3 is 5.97 Å². The van der Waals surface area contributed by atoms with Crippen molar-refractivity contribution >= 4 is 5.97 Å². The van der Waals surface area contributed by atoms with Crippen molar-refractivity contribution < 1.29 is 9.53 Å². The van der Waals surface area contributed by atoms with Crippen LogP contribution in [0.1, 0.15) is 61.8 Å². The maximum absolute atomic E-state index is 11.8. The van der Waals surface area contributed by atoms with E-state index in [0.29, 0.717) is 0 Å². The molecule has 124 valence electrons. The maximum Gasteiger partial charge on any atom is 0.311 e. The SMILES string of the molecule is Cc1cccc([C@@H](C)c2ncc(COC(=O)C(C)(C)C)[nH]2)c1C. The topological polar surface area (TPSA) is 55.0 Å². The number of esters is 1. The summed E-state index contributed by atoms with van der Waals surface area (Å²) in [6.45, 7) is 12.1. The van der Waals surface area contributed by atoms with E-state index in [4.69, 9.17) is 4.74 Å². The molecule has 0 saturated heterocycles. The predicted molar refractivity (Wildman–Crippen MR) is 91.3 cm³/mol. The Morgan fingerprint density at radius 2 is 2.00 bits per heavy atom. The number of hydrogen-bond donors (Lipinski definition) is 1. The van der Waals surface area contributed by atoms with E-state index in [2.05, 4.69) is 48.9 Å². The standard InChI is InChI=1S/C19H26N2O2/c1-12-8-7-9-16(13(12)2)14(3)17-20-10-15(21-17)11-23-18(22)19(4,5)6/h7-10,14H,11H2,1-6H3,(H,20,21)/t14-/m1/s1. The monoisotopic (exact) mass is 314 g/mol. The van der Waals surface area contributed by atoms with Crippen LogP contribution in [0.3, 0.4) is 0 Å². The lowest BCUT2D eigenvalue weighted by molar-refractivity contribution is -0.154. The van der Waals surface area contributed by atoms with Crippen LogP contribution >= 0.6 is 0 Å². The van der Waals surface area contributed by atoms with Crippen LogP contribution in [0.4, 0.5) is 0 Å². The second-order valence-electron chi connectivity index (χ2n) is 7.13. The van der Waals surface area contributed by atoms with Crippen LogP contribution < -0.4 is 0 Å². The molecule has 2 aromatic rings. The Labute approximate surface area is 138 Å². The largest absolute Gasteiger partial charge is 0.459 e. The van der Waals surface area contributed by atoms with Crippen molar-refractivity contribution in [3.05, 3.63) is 52.6 Å². The van der Waals surface area contributed by atoms with E-state index in [0.717, 1.165) is 11.5 Å². The molecule has 1 heterocycles. The number of carbonyl (C=O) groups excluding carboxylic acids is 1. The molecule has 1 aromatic heterocycles. The number of ether oxygens (including phenoxy) is 1. The highest BCUT2D eigenvalue weighted by Crippen LogP contribution is 2.26. The minimum Gasteiger partial charge on any atom is -0.459 e. The minimum atomic E-state index is -0.491. The van der Waals surface area contributed by atoms with Crippen LogP contribution in [-0.2, 0) is 16.1 Å². The summed E-state index contributed by atoms with van der Waals surface area (Å²) in [5.74, 6) is 0.846. The molecule has 4 heteroatoms. The van der Waals surface area contributed by atoms with E-state index in [9.17, 15) is 4.79 Å². The molecule has 0 unspecified atom stereocenters. The fraction of sp³-hybridized carbons (Fsp3) is 0.474. The van der Waals surface area contributed by atoms with Crippen LogP contribution in [-0.4, -0.2) is 15.9 Å². The summed E-state index contributed by atoms with van der Waals surface area (Å²) in [6.07, 6.45) is 1.74. The average Bonchev–Trinajstić information content (AvgIpc) is 2.94. The van der Waals surface area contributed by atoms with Crippen LogP contribution in [0, 0.1) is 19.3 Å². The van der Waals surface area contributed by atoms with E-state index in [1.54, 1.807) is 6.20 Å². The van der Waals surface area contributed by atoms with Crippen molar-refractivity contribution in [3.8, 4) is 0 Å². The van der Waals surface area contributed by atoms with Gasteiger partial charge in [-0.05, 0) is 51.3 Å². The third-order valence-electron chi connectivity index (χ3n) is 4.14. The van der Waals surface area contributed by atoms with Crippen molar-refractivity contribution in [2.24, 2.45) is 5.41 Å². The van der Waals surface area contributed by atoms with Crippen molar-refractivity contribution in [3.63, 3.8) is 0 Å². The van der Waals surface area contributed by atoms with Crippen LogP contribution in [0.15, 0.2) is 24.4 Å². The molecule has 0 aliphatic rings. The van der Waals surface area contributed by atoms with E-state index in [1.165, 1.54) is 16.7 Å². The summed E-state index contributed by atoms with van der Waals surface area (Å²) >= 11 is 0. The van der Waals surface area contributed by atoms with Gasteiger partial charge in [0.2, 0.25) is 0 Å². The Morgan fingerprint density at radius 3 is 2.65 bits per heavy atom. The number of nitrogens with zero attached hydrogens (tertiary/aromatic N) is 1. The molecule has 0 bridgehead atoms. The van der Waals surface area contributed by atoms with Crippen molar-refractivity contribution in [1.82, 2.24) is 9.97 Å². The number of benzene rings is 1. The quantitative estimate of drug-likeness (QED) is 0.858. The van der Waals surface area contributed by atoms with Gasteiger partial charge < -0.3 is 9.72 Å². The smallest absolute Gasteiger partial charge is 0.311 e. The van der Waals surface area contributed by atoms with Crippen LogP contribution in [0.5, 0.6) is 0 Å². The normalized spacial score (nSPS) is 13.0.